The number of aliphatic carboxylic acids is 1. The van der Waals surface area contributed by atoms with Gasteiger partial charge in [-0.2, -0.15) is 0 Å². The molecule has 0 saturated carbocycles. The predicted molar refractivity (Wildman–Crippen MR) is 161 cm³/mol. The molecule has 0 bridgehead atoms. The summed E-state index contributed by atoms with van der Waals surface area (Å²) >= 11 is 0. The van der Waals surface area contributed by atoms with Crippen LogP contribution in [0.3, 0.4) is 0 Å². The molecule has 2 atom stereocenters. The third-order valence-corrected chi connectivity index (χ3v) is 13.9. The molecule has 6 nitrogen and oxygen atoms in total. The number of carboxylic acids is 1. The van der Waals surface area contributed by atoms with Crippen LogP contribution in [0.4, 0.5) is 0 Å². The third kappa shape index (κ3) is 5.13. The van der Waals surface area contributed by atoms with Crippen LogP contribution < -0.4 is 4.74 Å². The minimum absolute atomic E-state index is 0.0434. The molecular formula is C33H36N2O4Si. The van der Waals surface area contributed by atoms with E-state index in [9.17, 15) is 14.7 Å². The topological polar surface area (TPSA) is 79.7 Å². The summed E-state index contributed by atoms with van der Waals surface area (Å²) in [6.45, 7) is 10.8. The molecule has 40 heavy (non-hydrogen) atoms. The zero-order valence-electron chi connectivity index (χ0n) is 23.7. The molecule has 1 fully saturated rings. The van der Waals surface area contributed by atoms with E-state index in [0.717, 1.165) is 33.3 Å². The Balaban J connectivity index is 1.30. The maximum atomic E-state index is 13.2. The molecule has 0 radical (unpaired) electrons. The number of carboxylic acid groups (broad SMARTS) is 1. The predicted octanol–water partition coefficient (Wildman–Crippen LogP) is 6.94. The average Bonchev–Trinajstić information content (AvgIpc) is 2.93. The van der Waals surface area contributed by atoms with Gasteiger partial charge in [0.05, 0.1) is 17.1 Å². The zero-order chi connectivity index (χ0) is 28.7. The van der Waals surface area contributed by atoms with E-state index in [0.29, 0.717) is 18.8 Å². The molecule has 1 aliphatic heterocycles. The van der Waals surface area contributed by atoms with Crippen molar-refractivity contribution < 1.29 is 19.4 Å². The lowest BCUT2D eigenvalue weighted by molar-refractivity contribution is -0.163. The average molecular weight is 553 g/mol. The summed E-state index contributed by atoms with van der Waals surface area (Å²) in [6, 6.07) is 27.1. The van der Waals surface area contributed by atoms with Crippen molar-refractivity contribution in [1.82, 2.24) is 9.55 Å². The van der Waals surface area contributed by atoms with Crippen molar-refractivity contribution >= 4 is 31.0 Å². The van der Waals surface area contributed by atoms with E-state index >= 15 is 0 Å². The molecule has 1 N–H and O–H groups in total. The van der Waals surface area contributed by atoms with Crippen molar-refractivity contribution in [2.24, 2.45) is 5.92 Å². The Morgan fingerprint density at radius 1 is 0.975 bits per heavy atom. The van der Waals surface area contributed by atoms with Crippen LogP contribution in [-0.2, 0) is 22.6 Å². The first-order chi connectivity index (χ1) is 19.0. The monoisotopic (exact) mass is 552 g/mol. The van der Waals surface area contributed by atoms with Crippen molar-refractivity contribution in [3.63, 3.8) is 0 Å². The molecule has 1 amide bonds. The number of hydrogen-bond donors (Lipinski definition) is 1. The minimum Gasteiger partial charge on any atom is -0.489 e. The molecule has 0 aliphatic carbocycles. The highest BCUT2D eigenvalue weighted by atomic mass is 28.3. The van der Waals surface area contributed by atoms with Crippen LogP contribution in [0, 0.1) is 5.92 Å². The Labute approximate surface area is 236 Å². The number of benzene rings is 3. The molecule has 5 rings (SSSR count). The number of nitrogens with zero attached hydrogens (tertiary/aromatic N) is 2. The highest BCUT2D eigenvalue weighted by Gasteiger charge is 2.59. The van der Waals surface area contributed by atoms with Gasteiger partial charge in [0.25, 0.3) is 0 Å². The largest absolute Gasteiger partial charge is 0.489 e. The fraction of sp³-hybridized carbons (Fsp3) is 0.303. The van der Waals surface area contributed by atoms with Crippen LogP contribution in [0.2, 0.25) is 18.1 Å². The van der Waals surface area contributed by atoms with Gasteiger partial charge in [0.1, 0.15) is 18.4 Å². The molecule has 2 heterocycles. The molecular weight excluding hydrogens is 516 g/mol. The number of β-lactam (4-membered cyclic amide) rings is 1. The van der Waals surface area contributed by atoms with Crippen LogP contribution in [0.1, 0.15) is 31.9 Å². The van der Waals surface area contributed by atoms with Crippen LogP contribution in [0.5, 0.6) is 5.75 Å². The number of fused-ring (bicyclic) bond motifs is 1. The van der Waals surface area contributed by atoms with E-state index in [1.165, 1.54) is 0 Å². The Morgan fingerprint density at radius 3 is 2.27 bits per heavy atom. The van der Waals surface area contributed by atoms with Gasteiger partial charge < -0.3 is 14.4 Å². The number of hydrogen-bond acceptors (Lipinski definition) is 4. The fourth-order valence-corrected chi connectivity index (χ4v) is 7.70. The van der Waals surface area contributed by atoms with Gasteiger partial charge >= 0.3 is 5.97 Å². The summed E-state index contributed by atoms with van der Waals surface area (Å²) in [6.07, 6.45) is 0.399. The lowest BCUT2D eigenvalue weighted by Crippen LogP contribution is -2.75. The molecule has 0 spiro atoms. The van der Waals surface area contributed by atoms with Crippen LogP contribution >= 0.6 is 0 Å². The number of pyridine rings is 1. The minimum atomic E-state index is -2.29. The van der Waals surface area contributed by atoms with Crippen LogP contribution in [0.25, 0.3) is 22.2 Å². The second-order valence-electron chi connectivity index (χ2n) is 12.1. The first-order valence-electron chi connectivity index (χ1n) is 13.7. The van der Waals surface area contributed by atoms with Gasteiger partial charge in [-0.25, -0.2) is 9.78 Å². The van der Waals surface area contributed by atoms with Gasteiger partial charge in [-0.1, -0.05) is 94.5 Å². The molecule has 1 aromatic heterocycles. The molecule has 1 saturated heterocycles. The van der Waals surface area contributed by atoms with Crippen LogP contribution in [0.15, 0.2) is 84.9 Å². The Kier molecular flexibility index (Phi) is 7.27. The van der Waals surface area contributed by atoms with Gasteiger partial charge in [-0.15, -0.1) is 0 Å². The quantitative estimate of drug-likeness (QED) is 0.189. The van der Waals surface area contributed by atoms with E-state index in [1.54, 1.807) is 4.57 Å². The Bertz CT molecular complexity index is 1540. The molecule has 3 aromatic carbocycles. The van der Waals surface area contributed by atoms with Gasteiger partial charge in [-0.05, 0) is 41.3 Å². The summed E-state index contributed by atoms with van der Waals surface area (Å²) < 4.78 is 7.87. The number of rotatable bonds is 8. The van der Waals surface area contributed by atoms with Gasteiger partial charge in [0, 0.05) is 16.5 Å². The van der Waals surface area contributed by atoms with E-state index in [2.05, 4.69) is 46.0 Å². The lowest BCUT2D eigenvalue weighted by atomic mass is 9.84. The van der Waals surface area contributed by atoms with Gasteiger partial charge in [-0.3, -0.25) is 4.79 Å². The van der Waals surface area contributed by atoms with E-state index in [1.807, 2.05) is 72.8 Å². The number of para-hydroxylation sites is 1. The number of carbonyl (C=O) groups is 2. The van der Waals surface area contributed by atoms with Crippen molar-refractivity contribution in [1.29, 1.82) is 0 Å². The van der Waals surface area contributed by atoms with Gasteiger partial charge in [0.2, 0.25) is 5.91 Å². The second kappa shape index (κ2) is 10.5. The first-order valence-corrected chi connectivity index (χ1v) is 16.6. The Morgan fingerprint density at radius 2 is 1.62 bits per heavy atom. The SMILES string of the molecule is CC(C)(C)[Si](C)(C)N1C(=O)[C@H](Cc2ccc(OCc3cc(-c4ccccc4)nc4ccccc34)cc2)[C@H]1C(=O)O. The molecule has 0 unspecified atom stereocenters. The van der Waals surface area contributed by atoms with E-state index in [4.69, 9.17) is 9.72 Å². The standard InChI is InChI=1S/C33H36N2O4Si/c1-33(2,3)40(4,5)35-30(32(37)38)27(31(35)36)19-22-15-17-25(18-16-22)39-21-24-20-29(23-11-7-6-8-12-23)34-28-14-10-9-13-26(24)28/h6-18,20,27,30H,19,21H2,1-5H3,(H,37,38)/t27-,30+/m1/s1. The molecule has 206 valence electrons. The van der Waals surface area contributed by atoms with Crippen LogP contribution in [-0.4, -0.2) is 40.8 Å². The maximum Gasteiger partial charge on any atom is 0.326 e. The first kappa shape index (κ1) is 27.6. The summed E-state index contributed by atoms with van der Waals surface area (Å²) in [5, 5.41) is 10.9. The normalized spacial score (nSPS) is 17.5. The highest BCUT2D eigenvalue weighted by Crippen LogP contribution is 2.45. The van der Waals surface area contributed by atoms with Crippen molar-refractivity contribution in [3.05, 3.63) is 96.1 Å². The van der Waals surface area contributed by atoms with Crippen molar-refractivity contribution in [2.45, 2.75) is 58.0 Å². The highest BCUT2D eigenvalue weighted by molar-refractivity contribution is 6.80. The fourth-order valence-electron chi connectivity index (χ4n) is 5.28. The Hall–Kier alpha value is -3.97. The second-order valence-corrected chi connectivity index (χ2v) is 17.2. The summed E-state index contributed by atoms with van der Waals surface area (Å²) in [4.78, 5) is 30.2. The zero-order valence-corrected chi connectivity index (χ0v) is 24.7. The number of aromatic nitrogens is 1. The number of ether oxygens (including phenoxy) is 1. The molecule has 7 heteroatoms. The lowest BCUT2D eigenvalue weighted by Gasteiger charge is -2.56. The molecule has 1 aliphatic rings. The molecule has 4 aromatic rings. The number of carbonyl (C=O) groups excluding carboxylic acids is 1. The maximum absolute atomic E-state index is 13.2. The summed E-state index contributed by atoms with van der Waals surface area (Å²) in [7, 11) is -2.29. The van der Waals surface area contributed by atoms with Gasteiger partial charge in [0.15, 0.2) is 8.24 Å². The summed E-state index contributed by atoms with van der Waals surface area (Å²) in [5.74, 6) is -0.798. The smallest absolute Gasteiger partial charge is 0.326 e. The summed E-state index contributed by atoms with van der Waals surface area (Å²) in [5.41, 5.74) is 4.84. The van der Waals surface area contributed by atoms with E-state index < -0.39 is 26.2 Å². The van der Waals surface area contributed by atoms with E-state index in [-0.39, 0.29) is 10.9 Å². The third-order valence-electron chi connectivity index (χ3n) is 8.55. The number of amides is 1. The van der Waals surface area contributed by atoms with Crippen molar-refractivity contribution in [2.75, 3.05) is 0 Å². The van der Waals surface area contributed by atoms with Crippen molar-refractivity contribution in [3.8, 4) is 17.0 Å².